The van der Waals surface area contributed by atoms with E-state index in [2.05, 4.69) is 20.8 Å². The Labute approximate surface area is 137 Å². The predicted molar refractivity (Wildman–Crippen MR) is 91.7 cm³/mol. The van der Waals surface area contributed by atoms with E-state index in [9.17, 15) is 4.79 Å². The third-order valence-electron chi connectivity index (χ3n) is 3.28. The summed E-state index contributed by atoms with van der Waals surface area (Å²) in [5, 5.41) is 15.1. The van der Waals surface area contributed by atoms with Crippen LogP contribution in [-0.4, -0.2) is 27.4 Å². The van der Waals surface area contributed by atoms with E-state index in [0.29, 0.717) is 6.04 Å². The molecule has 1 heterocycles. The second-order valence-electron chi connectivity index (χ2n) is 5.41. The van der Waals surface area contributed by atoms with Crippen LogP contribution < -0.4 is 10.6 Å². The monoisotopic (exact) mass is 334 g/mol. The molecule has 0 spiro atoms. The first-order chi connectivity index (χ1) is 10.6. The Bertz CT molecular complexity index is 652. The molecule has 0 radical (unpaired) electrons. The number of thioether (sulfide) groups is 1. The lowest BCUT2D eigenvalue weighted by molar-refractivity contribution is -0.115. The van der Waals surface area contributed by atoms with Crippen molar-refractivity contribution in [3.63, 3.8) is 0 Å². The Kier molecular flexibility index (Phi) is 4.63. The first-order valence-electron chi connectivity index (χ1n) is 7.24. The van der Waals surface area contributed by atoms with E-state index in [1.807, 2.05) is 38.1 Å². The number of amides is 1. The highest BCUT2D eigenvalue weighted by atomic mass is 32.2. The highest BCUT2D eigenvalue weighted by Gasteiger charge is 2.23. The van der Waals surface area contributed by atoms with Crippen molar-refractivity contribution in [2.24, 2.45) is 0 Å². The molecule has 3 rings (SSSR count). The standard InChI is InChI=1S/C15H18N4OS2/c1-9-3-5-11(6-4-9)16-13(20)10(2)21-15-19-18-14(22-15)17-12-7-8-12/h3-6,10,12H,7-8H2,1-2H3,(H,16,20)(H,17,18)/t10-/m0/s1. The number of nitrogens with one attached hydrogen (secondary N) is 2. The van der Waals surface area contributed by atoms with Crippen LogP contribution in [0.2, 0.25) is 0 Å². The van der Waals surface area contributed by atoms with Gasteiger partial charge in [0, 0.05) is 11.7 Å². The van der Waals surface area contributed by atoms with Gasteiger partial charge in [-0.3, -0.25) is 4.79 Å². The lowest BCUT2D eigenvalue weighted by atomic mass is 10.2. The highest BCUT2D eigenvalue weighted by molar-refractivity contribution is 8.02. The molecule has 7 heteroatoms. The van der Waals surface area contributed by atoms with Crippen LogP contribution in [0, 0.1) is 6.92 Å². The summed E-state index contributed by atoms with van der Waals surface area (Å²) in [6.45, 7) is 3.90. The molecular formula is C15H18N4OS2. The fourth-order valence-corrected chi connectivity index (χ4v) is 3.78. The van der Waals surface area contributed by atoms with E-state index in [0.717, 1.165) is 15.2 Å². The molecule has 0 bridgehead atoms. The summed E-state index contributed by atoms with van der Waals surface area (Å²) in [5.74, 6) is -0.0271. The van der Waals surface area contributed by atoms with E-state index in [1.165, 1.54) is 41.5 Å². The Balaban J connectivity index is 1.53. The number of hydrogen-bond acceptors (Lipinski definition) is 6. The molecule has 0 aliphatic heterocycles. The summed E-state index contributed by atoms with van der Waals surface area (Å²) >= 11 is 2.94. The third kappa shape index (κ3) is 4.20. The van der Waals surface area contributed by atoms with Crippen LogP contribution in [0.5, 0.6) is 0 Å². The van der Waals surface area contributed by atoms with Gasteiger partial charge in [-0.05, 0) is 38.8 Å². The maximum atomic E-state index is 12.2. The van der Waals surface area contributed by atoms with Gasteiger partial charge in [-0.1, -0.05) is 40.8 Å². The number of hydrogen-bond donors (Lipinski definition) is 2. The van der Waals surface area contributed by atoms with Gasteiger partial charge in [0.15, 0.2) is 4.34 Å². The summed E-state index contributed by atoms with van der Waals surface area (Å²) in [5.41, 5.74) is 1.99. The largest absolute Gasteiger partial charge is 0.357 e. The average molecular weight is 334 g/mol. The number of anilines is 2. The predicted octanol–water partition coefficient (Wildman–Crippen LogP) is 3.54. The van der Waals surface area contributed by atoms with Crippen molar-refractivity contribution in [1.29, 1.82) is 0 Å². The van der Waals surface area contributed by atoms with Crippen LogP contribution in [-0.2, 0) is 4.79 Å². The van der Waals surface area contributed by atoms with E-state index >= 15 is 0 Å². The second-order valence-corrected chi connectivity index (χ2v) is 7.97. The van der Waals surface area contributed by atoms with Gasteiger partial charge in [-0.15, -0.1) is 10.2 Å². The molecule has 1 aromatic heterocycles. The smallest absolute Gasteiger partial charge is 0.237 e. The minimum Gasteiger partial charge on any atom is -0.357 e. The van der Waals surface area contributed by atoms with Crippen molar-refractivity contribution >= 4 is 39.8 Å². The van der Waals surface area contributed by atoms with Gasteiger partial charge in [-0.25, -0.2) is 0 Å². The molecule has 0 unspecified atom stereocenters. The minimum atomic E-state index is -0.219. The number of rotatable bonds is 6. The van der Waals surface area contributed by atoms with Gasteiger partial charge in [0.25, 0.3) is 0 Å². The molecule has 0 saturated heterocycles. The first-order valence-corrected chi connectivity index (χ1v) is 8.94. The van der Waals surface area contributed by atoms with Gasteiger partial charge >= 0.3 is 0 Å². The van der Waals surface area contributed by atoms with Crippen molar-refractivity contribution in [2.75, 3.05) is 10.6 Å². The summed E-state index contributed by atoms with van der Waals surface area (Å²) in [4.78, 5) is 12.2. The van der Waals surface area contributed by atoms with Crippen LogP contribution in [0.25, 0.3) is 0 Å². The zero-order valence-electron chi connectivity index (χ0n) is 12.5. The van der Waals surface area contributed by atoms with Crippen LogP contribution >= 0.6 is 23.1 Å². The number of aryl methyl sites for hydroxylation is 1. The molecule has 2 aromatic rings. The molecule has 1 saturated carbocycles. The number of nitrogens with zero attached hydrogens (tertiary/aromatic N) is 2. The zero-order valence-corrected chi connectivity index (χ0v) is 14.1. The van der Waals surface area contributed by atoms with Gasteiger partial charge < -0.3 is 10.6 Å². The molecule has 1 aliphatic rings. The van der Waals surface area contributed by atoms with Gasteiger partial charge in [0.05, 0.1) is 5.25 Å². The molecule has 1 amide bonds. The molecule has 1 fully saturated rings. The molecule has 116 valence electrons. The minimum absolute atomic E-state index is 0.0271. The third-order valence-corrected chi connectivity index (χ3v) is 5.32. The summed E-state index contributed by atoms with van der Waals surface area (Å²) in [6, 6.07) is 8.34. The van der Waals surface area contributed by atoms with Crippen molar-refractivity contribution in [3.8, 4) is 0 Å². The van der Waals surface area contributed by atoms with Crippen molar-refractivity contribution in [1.82, 2.24) is 10.2 Å². The summed E-state index contributed by atoms with van der Waals surface area (Å²) in [6.07, 6.45) is 2.41. The van der Waals surface area contributed by atoms with Gasteiger partial charge in [0.1, 0.15) is 0 Å². The summed E-state index contributed by atoms with van der Waals surface area (Å²) < 4.78 is 0.815. The average Bonchev–Trinajstić information content (AvgIpc) is 3.20. The Morgan fingerprint density at radius 2 is 2.05 bits per heavy atom. The van der Waals surface area contributed by atoms with Crippen molar-refractivity contribution in [2.45, 2.75) is 42.3 Å². The lowest BCUT2D eigenvalue weighted by Gasteiger charge is -2.10. The number of aromatic nitrogens is 2. The Morgan fingerprint density at radius 1 is 1.32 bits per heavy atom. The van der Waals surface area contributed by atoms with Gasteiger partial charge in [0.2, 0.25) is 11.0 Å². The van der Waals surface area contributed by atoms with E-state index in [1.54, 1.807) is 0 Å². The maximum absolute atomic E-state index is 12.2. The zero-order chi connectivity index (χ0) is 15.5. The topological polar surface area (TPSA) is 66.9 Å². The van der Waals surface area contributed by atoms with Crippen LogP contribution in [0.4, 0.5) is 10.8 Å². The molecular weight excluding hydrogens is 316 g/mol. The van der Waals surface area contributed by atoms with Crippen LogP contribution in [0.1, 0.15) is 25.3 Å². The lowest BCUT2D eigenvalue weighted by Crippen LogP contribution is -2.22. The molecule has 5 nitrogen and oxygen atoms in total. The van der Waals surface area contributed by atoms with Crippen molar-refractivity contribution in [3.05, 3.63) is 29.8 Å². The van der Waals surface area contributed by atoms with E-state index in [4.69, 9.17) is 0 Å². The van der Waals surface area contributed by atoms with Crippen molar-refractivity contribution < 1.29 is 4.79 Å². The number of benzene rings is 1. The normalized spacial score (nSPS) is 15.4. The number of carbonyl (C=O) groups excluding carboxylic acids is 1. The molecule has 1 aliphatic carbocycles. The van der Waals surface area contributed by atoms with E-state index < -0.39 is 0 Å². The Hall–Kier alpha value is -1.60. The highest BCUT2D eigenvalue weighted by Crippen LogP contribution is 2.32. The molecule has 1 aromatic carbocycles. The molecule has 2 N–H and O–H groups in total. The molecule has 1 atom stereocenters. The summed E-state index contributed by atoms with van der Waals surface area (Å²) in [7, 11) is 0. The fraction of sp³-hybridized carbons (Fsp3) is 0.400. The van der Waals surface area contributed by atoms with E-state index in [-0.39, 0.29) is 11.2 Å². The Morgan fingerprint density at radius 3 is 2.73 bits per heavy atom. The maximum Gasteiger partial charge on any atom is 0.237 e. The molecule has 22 heavy (non-hydrogen) atoms. The second kappa shape index (κ2) is 6.66. The van der Waals surface area contributed by atoms with Gasteiger partial charge in [-0.2, -0.15) is 0 Å². The quantitative estimate of drug-likeness (QED) is 0.791. The fourth-order valence-electron chi connectivity index (χ4n) is 1.80. The number of carbonyl (C=O) groups is 1. The SMILES string of the molecule is Cc1ccc(NC(=O)[C@H](C)Sc2nnc(NC3CC3)s2)cc1. The van der Waals surface area contributed by atoms with Crippen LogP contribution in [0.3, 0.4) is 0 Å². The van der Waals surface area contributed by atoms with Crippen LogP contribution in [0.15, 0.2) is 28.6 Å². The first kappa shape index (κ1) is 15.3.